The normalized spacial score (nSPS) is 21.2. The zero-order valence-electron chi connectivity index (χ0n) is 15.3. The van der Waals surface area contributed by atoms with Crippen molar-refractivity contribution in [2.24, 2.45) is 0 Å². The Hall–Kier alpha value is -2.53. The maximum absolute atomic E-state index is 12.7. The van der Waals surface area contributed by atoms with Crippen LogP contribution in [0.15, 0.2) is 54.6 Å². The second-order valence-corrected chi connectivity index (χ2v) is 6.97. The van der Waals surface area contributed by atoms with Gasteiger partial charge in [0.05, 0.1) is 12.6 Å². The lowest BCUT2D eigenvalue weighted by molar-refractivity contribution is -0.0658. The van der Waals surface area contributed by atoms with E-state index in [1.807, 2.05) is 61.2 Å². The Morgan fingerprint density at radius 3 is 2.58 bits per heavy atom. The first-order chi connectivity index (χ1) is 12.5. The Bertz CT molecular complexity index is 718. The first-order valence-corrected chi connectivity index (χ1v) is 9.05. The van der Waals surface area contributed by atoms with Crippen molar-refractivity contribution in [2.45, 2.75) is 38.5 Å². The molecule has 0 aromatic heterocycles. The van der Waals surface area contributed by atoms with Gasteiger partial charge in [0.15, 0.2) is 0 Å². The second-order valence-electron chi connectivity index (χ2n) is 6.97. The number of hydrogen-bond donors (Lipinski definition) is 2. The molecule has 1 aliphatic rings. The van der Waals surface area contributed by atoms with Crippen LogP contribution in [0.1, 0.15) is 31.1 Å². The smallest absolute Gasteiger partial charge is 0.317 e. The maximum atomic E-state index is 12.7. The fraction of sp³-hybridized carbons (Fsp3) is 0.381. The molecule has 0 spiro atoms. The number of nitrogens with zero attached hydrogens (tertiary/aromatic N) is 1. The van der Waals surface area contributed by atoms with Crippen LogP contribution in [0.3, 0.4) is 0 Å². The van der Waals surface area contributed by atoms with Crippen LogP contribution in [0, 0.1) is 0 Å². The number of amides is 2. The van der Waals surface area contributed by atoms with E-state index in [-0.39, 0.29) is 30.0 Å². The number of hydrogen-bond acceptors (Lipinski definition) is 3. The number of aromatic hydroxyl groups is 1. The number of ether oxygens (including phenoxy) is 1. The lowest BCUT2D eigenvalue weighted by atomic mass is 10.1. The summed E-state index contributed by atoms with van der Waals surface area (Å²) in [5, 5.41) is 12.4. The van der Waals surface area contributed by atoms with Gasteiger partial charge in [0.1, 0.15) is 11.9 Å². The number of urea groups is 1. The minimum Gasteiger partial charge on any atom is -0.508 e. The van der Waals surface area contributed by atoms with Gasteiger partial charge in [-0.25, -0.2) is 4.79 Å². The molecule has 0 radical (unpaired) electrons. The number of phenols is 1. The summed E-state index contributed by atoms with van der Waals surface area (Å²) in [4.78, 5) is 14.5. The Labute approximate surface area is 154 Å². The monoisotopic (exact) mass is 354 g/mol. The average Bonchev–Trinajstić information content (AvgIpc) is 2.64. The minimum atomic E-state index is -0.0990. The van der Waals surface area contributed by atoms with Crippen molar-refractivity contribution in [1.82, 2.24) is 10.2 Å². The molecule has 2 amide bonds. The van der Waals surface area contributed by atoms with Gasteiger partial charge in [-0.3, -0.25) is 0 Å². The van der Waals surface area contributed by atoms with Gasteiger partial charge < -0.3 is 20.1 Å². The highest BCUT2D eigenvalue weighted by atomic mass is 16.5. The maximum Gasteiger partial charge on any atom is 0.317 e. The van der Waals surface area contributed by atoms with Gasteiger partial charge in [0, 0.05) is 12.6 Å². The van der Waals surface area contributed by atoms with E-state index >= 15 is 0 Å². The van der Waals surface area contributed by atoms with Crippen LogP contribution in [-0.2, 0) is 11.2 Å². The number of benzene rings is 2. The SMILES string of the molecule is CC(Cc1ccc(O)cc1)NC(=O)N1CC(C)OC(c2ccccc2)C1. The van der Waals surface area contributed by atoms with Crippen LogP contribution < -0.4 is 5.32 Å². The van der Waals surface area contributed by atoms with E-state index in [1.165, 1.54) is 0 Å². The van der Waals surface area contributed by atoms with Crippen molar-refractivity contribution >= 4 is 6.03 Å². The standard InChI is InChI=1S/C21H26N2O3/c1-15(12-17-8-10-19(24)11-9-17)22-21(25)23-13-16(2)26-20(14-23)18-6-4-3-5-7-18/h3-11,15-16,20,24H,12-14H2,1-2H3,(H,22,25). The zero-order chi connectivity index (χ0) is 18.5. The van der Waals surface area contributed by atoms with Gasteiger partial charge >= 0.3 is 6.03 Å². The predicted molar refractivity (Wildman–Crippen MR) is 101 cm³/mol. The molecule has 3 unspecified atom stereocenters. The van der Waals surface area contributed by atoms with E-state index in [0.29, 0.717) is 19.5 Å². The highest BCUT2D eigenvalue weighted by Gasteiger charge is 2.29. The van der Waals surface area contributed by atoms with Crippen LogP contribution in [0.5, 0.6) is 5.75 Å². The van der Waals surface area contributed by atoms with E-state index in [0.717, 1.165) is 11.1 Å². The summed E-state index contributed by atoms with van der Waals surface area (Å²) >= 11 is 0. The van der Waals surface area contributed by atoms with Crippen molar-refractivity contribution in [2.75, 3.05) is 13.1 Å². The first-order valence-electron chi connectivity index (χ1n) is 9.05. The van der Waals surface area contributed by atoms with Crippen LogP contribution >= 0.6 is 0 Å². The Morgan fingerprint density at radius 1 is 1.19 bits per heavy atom. The van der Waals surface area contributed by atoms with E-state index in [9.17, 15) is 9.90 Å². The van der Waals surface area contributed by atoms with Crippen LogP contribution in [0.4, 0.5) is 4.79 Å². The summed E-state index contributed by atoms with van der Waals surface area (Å²) in [6.45, 7) is 5.12. The number of carbonyl (C=O) groups excluding carboxylic acids is 1. The van der Waals surface area contributed by atoms with E-state index in [1.54, 1.807) is 12.1 Å². The summed E-state index contributed by atoms with van der Waals surface area (Å²) in [7, 11) is 0. The largest absolute Gasteiger partial charge is 0.508 e. The molecular weight excluding hydrogens is 328 g/mol. The molecule has 26 heavy (non-hydrogen) atoms. The van der Waals surface area contributed by atoms with Gasteiger partial charge in [-0.05, 0) is 43.5 Å². The van der Waals surface area contributed by atoms with E-state index in [2.05, 4.69) is 5.32 Å². The van der Waals surface area contributed by atoms with E-state index in [4.69, 9.17) is 4.74 Å². The molecule has 1 heterocycles. The molecule has 0 saturated carbocycles. The minimum absolute atomic E-state index is 0.000342. The summed E-state index contributed by atoms with van der Waals surface area (Å²) < 4.78 is 6.02. The fourth-order valence-electron chi connectivity index (χ4n) is 3.31. The van der Waals surface area contributed by atoms with Gasteiger partial charge in [0.25, 0.3) is 0 Å². The average molecular weight is 354 g/mol. The van der Waals surface area contributed by atoms with Crippen molar-refractivity contribution in [3.8, 4) is 5.75 Å². The number of morpholine rings is 1. The van der Waals surface area contributed by atoms with Crippen molar-refractivity contribution < 1.29 is 14.6 Å². The van der Waals surface area contributed by atoms with Crippen LogP contribution in [0.2, 0.25) is 0 Å². The lowest BCUT2D eigenvalue weighted by Gasteiger charge is -2.37. The molecule has 1 fully saturated rings. The Kier molecular flexibility index (Phi) is 5.78. The van der Waals surface area contributed by atoms with Crippen LogP contribution in [-0.4, -0.2) is 41.3 Å². The fourth-order valence-corrected chi connectivity index (χ4v) is 3.31. The van der Waals surface area contributed by atoms with Gasteiger partial charge in [0.2, 0.25) is 0 Å². The Balaban J connectivity index is 1.58. The van der Waals surface area contributed by atoms with Crippen molar-refractivity contribution in [1.29, 1.82) is 0 Å². The summed E-state index contributed by atoms with van der Waals surface area (Å²) in [6.07, 6.45) is 0.610. The molecule has 5 heteroatoms. The second kappa shape index (κ2) is 8.23. The summed E-state index contributed by atoms with van der Waals surface area (Å²) in [5.74, 6) is 0.250. The molecule has 0 bridgehead atoms. The number of carbonyl (C=O) groups is 1. The highest BCUT2D eigenvalue weighted by Crippen LogP contribution is 2.25. The molecule has 2 N–H and O–H groups in total. The molecule has 2 aromatic rings. The molecule has 0 aliphatic carbocycles. The molecule has 3 atom stereocenters. The molecule has 2 aromatic carbocycles. The molecule has 1 saturated heterocycles. The van der Waals surface area contributed by atoms with Gasteiger partial charge in [-0.1, -0.05) is 42.5 Å². The predicted octanol–water partition coefficient (Wildman–Crippen LogP) is 3.49. The van der Waals surface area contributed by atoms with Crippen molar-refractivity contribution in [3.63, 3.8) is 0 Å². The number of phenolic OH excluding ortho intramolecular Hbond substituents is 1. The lowest BCUT2D eigenvalue weighted by Crippen LogP contribution is -2.51. The highest BCUT2D eigenvalue weighted by molar-refractivity contribution is 5.74. The van der Waals surface area contributed by atoms with Crippen molar-refractivity contribution in [3.05, 3.63) is 65.7 Å². The van der Waals surface area contributed by atoms with Gasteiger partial charge in [-0.2, -0.15) is 0 Å². The molecular formula is C21H26N2O3. The molecule has 3 rings (SSSR count). The summed E-state index contributed by atoms with van der Waals surface area (Å²) in [5.41, 5.74) is 2.17. The third-order valence-corrected chi connectivity index (χ3v) is 4.57. The zero-order valence-corrected chi connectivity index (χ0v) is 15.3. The van der Waals surface area contributed by atoms with E-state index < -0.39 is 0 Å². The molecule has 1 aliphatic heterocycles. The Morgan fingerprint density at radius 2 is 1.88 bits per heavy atom. The first kappa shape index (κ1) is 18.3. The third-order valence-electron chi connectivity index (χ3n) is 4.57. The molecule has 5 nitrogen and oxygen atoms in total. The quantitative estimate of drug-likeness (QED) is 0.883. The van der Waals surface area contributed by atoms with Crippen LogP contribution in [0.25, 0.3) is 0 Å². The number of rotatable bonds is 4. The van der Waals surface area contributed by atoms with Gasteiger partial charge in [-0.15, -0.1) is 0 Å². The topological polar surface area (TPSA) is 61.8 Å². The summed E-state index contributed by atoms with van der Waals surface area (Å²) in [6, 6.07) is 17.0. The number of nitrogens with one attached hydrogen (secondary N) is 1. The molecule has 138 valence electrons. The third kappa shape index (κ3) is 4.76.